The predicted octanol–water partition coefficient (Wildman–Crippen LogP) is 3.36. The molecule has 0 aliphatic heterocycles. The molecule has 32 heavy (non-hydrogen) atoms. The number of nitrogens with zero attached hydrogens (tertiary/aromatic N) is 5. The molecule has 9 nitrogen and oxygen atoms in total. The molecule has 2 amide bonds. The normalized spacial score (nSPS) is 10.6. The Balaban J connectivity index is 1.50. The van der Waals surface area contributed by atoms with Gasteiger partial charge in [-0.05, 0) is 52.0 Å². The first-order valence-electron chi connectivity index (χ1n) is 9.74. The van der Waals surface area contributed by atoms with Gasteiger partial charge in [0.15, 0.2) is 10.3 Å². The third-order valence-corrected chi connectivity index (χ3v) is 5.57. The summed E-state index contributed by atoms with van der Waals surface area (Å²) in [5.74, 6) is 0.508. The fraction of sp³-hybridized carbons (Fsp3) is 0.286. The summed E-state index contributed by atoms with van der Waals surface area (Å²) in [5, 5.41) is 6.55. The lowest BCUT2D eigenvalue weighted by Gasteiger charge is -2.08. The van der Waals surface area contributed by atoms with Crippen molar-refractivity contribution in [2.24, 2.45) is 0 Å². The van der Waals surface area contributed by atoms with Crippen LogP contribution in [0.25, 0.3) is 0 Å². The molecule has 166 valence electrons. The van der Waals surface area contributed by atoms with E-state index in [9.17, 15) is 9.59 Å². The van der Waals surface area contributed by atoms with Crippen molar-refractivity contribution in [2.45, 2.75) is 38.0 Å². The lowest BCUT2D eigenvalue weighted by molar-refractivity contribution is -0.114. The van der Waals surface area contributed by atoms with Crippen LogP contribution in [-0.4, -0.2) is 48.2 Å². The Labute approximate surface area is 194 Å². The lowest BCUT2D eigenvalue weighted by atomic mass is 10.4. The maximum Gasteiger partial charge on any atom is 0.236 e. The molecule has 0 radical (unpaired) electrons. The van der Waals surface area contributed by atoms with Crippen molar-refractivity contribution in [3.8, 4) is 0 Å². The molecule has 3 heterocycles. The first-order chi connectivity index (χ1) is 15.3. The third-order valence-electron chi connectivity index (χ3n) is 3.87. The molecular formula is C21H23N7O2S2. The summed E-state index contributed by atoms with van der Waals surface area (Å²) in [4.78, 5) is 46.0. The van der Waals surface area contributed by atoms with Crippen LogP contribution in [0, 0.1) is 27.7 Å². The highest BCUT2D eigenvalue weighted by Crippen LogP contribution is 2.17. The molecule has 0 atom stereocenters. The summed E-state index contributed by atoms with van der Waals surface area (Å²) >= 11 is 2.50. The molecule has 0 saturated carbocycles. The third kappa shape index (κ3) is 7.57. The van der Waals surface area contributed by atoms with Crippen molar-refractivity contribution < 1.29 is 9.59 Å². The minimum atomic E-state index is -0.240. The summed E-state index contributed by atoms with van der Waals surface area (Å²) in [6, 6.07) is 8.77. The molecular weight excluding hydrogens is 446 g/mol. The number of hydrogen-bond acceptors (Lipinski definition) is 9. The van der Waals surface area contributed by atoms with Crippen molar-refractivity contribution in [3.63, 3.8) is 0 Å². The molecule has 0 aromatic carbocycles. The average Bonchev–Trinajstić information content (AvgIpc) is 2.70. The number of carbonyl (C=O) groups is 2. The fourth-order valence-electron chi connectivity index (χ4n) is 2.71. The maximum atomic E-state index is 12.3. The molecule has 0 fully saturated rings. The molecule has 0 saturated heterocycles. The second-order valence-corrected chi connectivity index (χ2v) is 8.83. The van der Waals surface area contributed by atoms with Crippen LogP contribution in [-0.2, 0) is 9.59 Å². The number of thioether (sulfide) groups is 2. The van der Waals surface area contributed by atoms with Crippen LogP contribution in [0.4, 0.5) is 11.6 Å². The number of hydrogen-bond donors (Lipinski definition) is 2. The first-order valence-corrected chi connectivity index (χ1v) is 11.7. The Kier molecular flexibility index (Phi) is 8.12. The van der Waals surface area contributed by atoms with Gasteiger partial charge in [0.05, 0.1) is 11.5 Å². The van der Waals surface area contributed by atoms with Gasteiger partial charge in [0.2, 0.25) is 11.8 Å². The van der Waals surface area contributed by atoms with Crippen LogP contribution >= 0.6 is 23.5 Å². The zero-order valence-electron chi connectivity index (χ0n) is 18.2. The van der Waals surface area contributed by atoms with Gasteiger partial charge >= 0.3 is 0 Å². The molecule has 3 aromatic rings. The zero-order chi connectivity index (χ0) is 23.1. The Morgan fingerprint density at radius 3 is 1.44 bits per heavy atom. The van der Waals surface area contributed by atoms with Gasteiger partial charge in [0.25, 0.3) is 0 Å². The van der Waals surface area contributed by atoms with E-state index < -0.39 is 0 Å². The summed E-state index contributed by atoms with van der Waals surface area (Å²) < 4.78 is 0. The topological polar surface area (TPSA) is 123 Å². The molecule has 3 rings (SSSR count). The number of carbonyl (C=O) groups excluding carboxylic acids is 2. The Hall–Kier alpha value is -3.05. The quantitative estimate of drug-likeness (QED) is 0.377. The van der Waals surface area contributed by atoms with Gasteiger partial charge in [-0.25, -0.2) is 24.9 Å². The van der Waals surface area contributed by atoms with Crippen molar-refractivity contribution in [2.75, 3.05) is 22.1 Å². The number of aromatic nitrogens is 5. The van der Waals surface area contributed by atoms with E-state index >= 15 is 0 Å². The molecule has 0 unspecified atom stereocenters. The van der Waals surface area contributed by atoms with Gasteiger partial charge in [0.1, 0.15) is 11.6 Å². The minimum Gasteiger partial charge on any atom is -0.310 e. The van der Waals surface area contributed by atoms with Gasteiger partial charge in [0, 0.05) is 22.8 Å². The van der Waals surface area contributed by atoms with E-state index in [0.29, 0.717) is 21.9 Å². The number of anilines is 2. The molecule has 0 spiro atoms. The molecule has 0 aliphatic rings. The molecule has 0 bridgehead atoms. The Bertz CT molecular complexity index is 1020. The van der Waals surface area contributed by atoms with Crippen molar-refractivity contribution in [1.29, 1.82) is 0 Å². The van der Waals surface area contributed by atoms with Gasteiger partial charge < -0.3 is 10.6 Å². The van der Waals surface area contributed by atoms with Crippen LogP contribution in [0.5, 0.6) is 0 Å². The van der Waals surface area contributed by atoms with Gasteiger partial charge in [-0.15, -0.1) is 0 Å². The highest BCUT2D eigenvalue weighted by molar-refractivity contribution is 8.00. The van der Waals surface area contributed by atoms with E-state index in [1.807, 2.05) is 39.8 Å². The summed E-state index contributed by atoms with van der Waals surface area (Å²) in [5.41, 5.74) is 3.42. The number of nitrogens with one attached hydrogen (secondary N) is 2. The second kappa shape index (κ2) is 11.0. The van der Waals surface area contributed by atoms with Crippen molar-refractivity contribution in [1.82, 2.24) is 24.9 Å². The largest absolute Gasteiger partial charge is 0.310 e. The Morgan fingerprint density at radius 1 is 0.688 bits per heavy atom. The average molecular weight is 470 g/mol. The highest BCUT2D eigenvalue weighted by atomic mass is 32.2. The molecule has 2 N–H and O–H groups in total. The van der Waals surface area contributed by atoms with E-state index in [0.717, 1.165) is 22.8 Å². The van der Waals surface area contributed by atoms with Gasteiger partial charge in [-0.2, -0.15) is 0 Å². The van der Waals surface area contributed by atoms with Gasteiger partial charge in [-0.1, -0.05) is 29.6 Å². The zero-order valence-corrected chi connectivity index (χ0v) is 19.8. The van der Waals surface area contributed by atoms with Crippen molar-refractivity contribution >= 4 is 47.0 Å². The van der Waals surface area contributed by atoms with Gasteiger partial charge in [-0.3, -0.25) is 9.59 Å². The van der Waals surface area contributed by atoms with Crippen LogP contribution in [0.3, 0.4) is 0 Å². The highest BCUT2D eigenvalue weighted by Gasteiger charge is 2.10. The summed E-state index contributed by atoms with van der Waals surface area (Å²) in [7, 11) is 0. The van der Waals surface area contributed by atoms with Crippen LogP contribution < -0.4 is 10.6 Å². The van der Waals surface area contributed by atoms with E-state index in [4.69, 9.17) is 0 Å². The van der Waals surface area contributed by atoms with Crippen molar-refractivity contribution in [3.05, 3.63) is 53.1 Å². The molecule has 11 heteroatoms. The summed E-state index contributed by atoms with van der Waals surface area (Å²) in [6.07, 6.45) is 0. The smallest absolute Gasteiger partial charge is 0.236 e. The Morgan fingerprint density at radius 2 is 1.06 bits per heavy atom. The second-order valence-electron chi connectivity index (χ2n) is 6.95. The number of aryl methyl sites for hydroxylation is 4. The van der Waals surface area contributed by atoms with E-state index in [-0.39, 0.29) is 23.3 Å². The summed E-state index contributed by atoms with van der Waals surface area (Å²) in [6.45, 7) is 7.54. The lowest BCUT2D eigenvalue weighted by Crippen LogP contribution is -2.18. The number of pyridine rings is 1. The predicted molar refractivity (Wildman–Crippen MR) is 126 cm³/mol. The number of amides is 2. The van der Waals surface area contributed by atoms with Crippen LogP contribution in [0.15, 0.2) is 40.6 Å². The van der Waals surface area contributed by atoms with Crippen LogP contribution in [0.1, 0.15) is 22.8 Å². The molecule has 3 aromatic heterocycles. The minimum absolute atomic E-state index is 0.147. The molecule has 0 aliphatic carbocycles. The van der Waals surface area contributed by atoms with Crippen LogP contribution in [0.2, 0.25) is 0 Å². The first kappa shape index (κ1) is 23.6. The number of rotatable bonds is 8. The van der Waals surface area contributed by atoms with E-state index in [1.165, 1.54) is 23.5 Å². The van der Waals surface area contributed by atoms with E-state index in [2.05, 4.69) is 35.6 Å². The fourth-order valence-corrected chi connectivity index (χ4v) is 4.21. The SMILES string of the molecule is Cc1cc(C)nc(SCC(=O)Nc2cccc(NC(=O)CSc3nc(C)cc(C)n3)n2)n1. The standard InChI is InChI=1S/C21H23N7O2S2/c1-12-8-13(2)23-20(22-12)31-10-18(29)27-16-6-5-7-17(26-16)28-19(30)11-32-21-24-14(3)9-15(4)25-21/h5-9H,10-11H2,1-4H3,(H2,26,27,28,29,30). The van der Waals surface area contributed by atoms with E-state index in [1.54, 1.807) is 18.2 Å². The monoisotopic (exact) mass is 469 g/mol. The maximum absolute atomic E-state index is 12.3.